The van der Waals surface area contributed by atoms with E-state index in [9.17, 15) is 22.8 Å². The molecular formula is C15H18N2O6S. The van der Waals surface area contributed by atoms with Crippen LogP contribution in [0.4, 0.5) is 4.79 Å². The average molecular weight is 354 g/mol. The van der Waals surface area contributed by atoms with Crippen LogP contribution in [0.2, 0.25) is 0 Å². The van der Waals surface area contributed by atoms with E-state index in [-0.39, 0.29) is 17.0 Å². The predicted octanol–water partition coefficient (Wildman–Crippen LogP) is 0.496. The quantitative estimate of drug-likeness (QED) is 0.788. The van der Waals surface area contributed by atoms with Crippen LogP contribution < -0.4 is 5.32 Å². The lowest BCUT2D eigenvalue weighted by Gasteiger charge is -2.18. The van der Waals surface area contributed by atoms with Gasteiger partial charge in [-0.05, 0) is 31.5 Å². The van der Waals surface area contributed by atoms with E-state index in [0.717, 1.165) is 11.2 Å². The number of urea groups is 1. The summed E-state index contributed by atoms with van der Waals surface area (Å²) in [7, 11) is -3.48. The summed E-state index contributed by atoms with van der Waals surface area (Å²) in [6.07, 6.45) is -0.132. The Labute approximate surface area is 139 Å². The van der Waals surface area contributed by atoms with Gasteiger partial charge in [-0.25, -0.2) is 18.0 Å². The van der Waals surface area contributed by atoms with Crippen molar-refractivity contribution in [3.63, 3.8) is 0 Å². The molecule has 1 aliphatic heterocycles. The van der Waals surface area contributed by atoms with Crippen LogP contribution in [-0.2, 0) is 19.4 Å². The topological polar surface area (TPSA) is 110 Å². The summed E-state index contributed by atoms with van der Waals surface area (Å²) in [6, 6.07) is 3.57. The first kappa shape index (κ1) is 17.9. The maximum absolute atomic E-state index is 12.3. The minimum atomic E-state index is -3.48. The smallest absolute Gasteiger partial charge is 0.339 e. The average Bonchev–Trinajstić information content (AvgIpc) is 2.91. The summed E-state index contributed by atoms with van der Waals surface area (Å²) >= 11 is 0. The monoisotopic (exact) mass is 354 g/mol. The Kier molecular flexibility index (Phi) is 4.93. The van der Waals surface area contributed by atoms with Gasteiger partial charge in [0, 0.05) is 19.3 Å². The van der Waals surface area contributed by atoms with Crippen LogP contribution in [0, 0.1) is 6.92 Å². The molecule has 0 saturated carbocycles. The molecule has 1 aromatic rings. The molecule has 1 heterocycles. The highest BCUT2D eigenvalue weighted by molar-refractivity contribution is 7.90. The molecule has 1 saturated heterocycles. The minimum absolute atomic E-state index is 0.0158. The van der Waals surface area contributed by atoms with Crippen LogP contribution in [0.3, 0.4) is 0 Å². The Morgan fingerprint density at radius 1 is 1.33 bits per heavy atom. The van der Waals surface area contributed by atoms with Crippen molar-refractivity contribution in [3.8, 4) is 0 Å². The first-order valence-electron chi connectivity index (χ1n) is 7.22. The normalized spacial score (nSPS) is 15.8. The largest absolute Gasteiger partial charge is 0.449 e. The Balaban J connectivity index is 2.17. The summed E-state index contributed by atoms with van der Waals surface area (Å²) in [5, 5.41) is 2.48. The molecule has 3 amide bonds. The number of hydrogen-bond acceptors (Lipinski definition) is 6. The van der Waals surface area contributed by atoms with Gasteiger partial charge in [0.15, 0.2) is 15.9 Å². The molecule has 1 fully saturated rings. The Morgan fingerprint density at radius 2 is 2.00 bits per heavy atom. The van der Waals surface area contributed by atoms with E-state index in [1.54, 1.807) is 6.92 Å². The highest BCUT2D eigenvalue weighted by Gasteiger charge is 2.32. The molecular weight excluding hydrogens is 336 g/mol. The maximum Gasteiger partial charge on any atom is 0.339 e. The second-order valence-electron chi connectivity index (χ2n) is 5.52. The summed E-state index contributed by atoms with van der Waals surface area (Å²) in [4.78, 5) is 36.8. The second kappa shape index (κ2) is 6.60. The fourth-order valence-corrected chi connectivity index (χ4v) is 2.87. The Morgan fingerprint density at radius 3 is 2.54 bits per heavy atom. The number of nitrogens with zero attached hydrogens (tertiary/aromatic N) is 1. The van der Waals surface area contributed by atoms with E-state index in [1.165, 1.54) is 25.1 Å². The van der Waals surface area contributed by atoms with Gasteiger partial charge < -0.3 is 10.1 Å². The summed E-state index contributed by atoms with van der Waals surface area (Å²) < 4.78 is 28.3. The number of carbonyl (C=O) groups excluding carboxylic acids is 3. The van der Waals surface area contributed by atoms with Gasteiger partial charge in [-0.2, -0.15) is 0 Å². The fraction of sp³-hybridized carbons (Fsp3) is 0.400. The van der Waals surface area contributed by atoms with Crippen LogP contribution in [0.1, 0.15) is 22.8 Å². The molecule has 1 aromatic carbocycles. The minimum Gasteiger partial charge on any atom is -0.449 e. The third kappa shape index (κ3) is 3.73. The van der Waals surface area contributed by atoms with Crippen LogP contribution in [0.5, 0.6) is 0 Å². The number of esters is 1. The SMILES string of the molecule is Cc1ccc(S(C)(=O)=O)cc1C(=O)O[C@@H](C)C(=O)N1CCNC1=O. The van der Waals surface area contributed by atoms with E-state index in [1.807, 2.05) is 0 Å². The van der Waals surface area contributed by atoms with Gasteiger partial charge in [-0.3, -0.25) is 9.69 Å². The van der Waals surface area contributed by atoms with Gasteiger partial charge >= 0.3 is 12.0 Å². The highest BCUT2D eigenvalue weighted by atomic mass is 32.2. The number of sulfone groups is 1. The van der Waals surface area contributed by atoms with Gasteiger partial charge in [0.25, 0.3) is 5.91 Å². The lowest BCUT2D eigenvalue weighted by Crippen LogP contribution is -2.41. The molecule has 0 aromatic heterocycles. The maximum atomic E-state index is 12.3. The molecule has 1 atom stereocenters. The Hall–Kier alpha value is -2.42. The van der Waals surface area contributed by atoms with Crippen molar-refractivity contribution in [3.05, 3.63) is 29.3 Å². The molecule has 24 heavy (non-hydrogen) atoms. The predicted molar refractivity (Wildman–Crippen MR) is 84.3 cm³/mol. The summed E-state index contributed by atoms with van der Waals surface area (Å²) in [5.41, 5.74) is 0.578. The third-order valence-electron chi connectivity index (χ3n) is 3.61. The Bertz CT molecular complexity index is 802. The third-order valence-corrected chi connectivity index (χ3v) is 4.72. The number of carbonyl (C=O) groups is 3. The standard InChI is InChI=1S/C15H18N2O6S/c1-9-4-5-11(24(3,21)22)8-12(9)14(19)23-10(2)13(18)17-7-6-16-15(17)20/h4-5,8,10H,6-7H2,1-3H3,(H,16,20)/t10-/m0/s1. The lowest BCUT2D eigenvalue weighted by atomic mass is 10.1. The summed E-state index contributed by atoms with van der Waals surface area (Å²) in [6.45, 7) is 3.55. The first-order valence-corrected chi connectivity index (χ1v) is 9.11. The molecule has 0 unspecified atom stereocenters. The second-order valence-corrected chi connectivity index (χ2v) is 7.53. The summed E-state index contributed by atoms with van der Waals surface area (Å²) in [5.74, 6) is -1.45. The number of amides is 3. The van der Waals surface area contributed by atoms with Crippen molar-refractivity contribution < 1.29 is 27.5 Å². The van der Waals surface area contributed by atoms with E-state index < -0.39 is 33.8 Å². The molecule has 130 valence electrons. The number of aryl methyl sites for hydroxylation is 1. The van der Waals surface area contributed by atoms with Crippen LogP contribution in [0.25, 0.3) is 0 Å². The number of ether oxygens (including phenoxy) is 1. The number of imide groups is 1. The van der Waals surface area contributed by atoms with Gasteiger partial charge in [0.05, 0.1) is 10.5 Å². The molecule has 9 heteroatoms. The number of rotatable bonds is 4. The van der Waals surface area contributed by atoms with E-state index in [2.05, 4.69) is 5.32 Å². The number of hydrogen-bond donors (Lipinski definition) is 1. The fourth-order valence-electron chi connectivity index (χ4n) is 2.23. The van der Waals surface area contributed by atoms with Gasteiger partial charge in [0.2, 0.25) is 0 Å². The van der Waals surface area contributed by atoms with Crippen molar-refractivity contribution in [1.29, 1.82) is 0 Å². The molecule has 1 aliphatic rings. The van der Waals surface area contributed by atoms with Gasteiger partial charge in [0.1, 0.15) is 0 Å². The highest BCUT2D eigenvalue weighted by Crippen LogP contribution is 2.17. The first-order chi connectivity index (χ1) is 11.1. The van der Waals surface area contributed by atoms with Crippen molar-refractivity contribution in [2.75, 3.05) is 19.3 Å². The molecule has 0 radical (unpaired) electrons. The van der Waals surface area contributed by atoms with Crippen molar-refractivity contribution >= 4 is 27.7 Å². The van der Waals surface area contributed by atoms with E-state index in [4.69, 9.17) is 4.74 Å². The molecule has 1 N–H and O–H groups in total. The number of benzene rings is 1. The molecule has 8 nitrogen and oxygen atoms in total. The van der Waals surface area contributed by atoms with Crippen LogP contribution >= 0.6 is 0 Å². The van der Waals surface area contributed by atoms with Crippen molar-refractivity contribution in [1.82, 2.24) is 10.2 Å². The van der Waals surface area contributed by atoms with Gasteiger partial charge in [-0.15, -0.1) is 0 Å². The molecule has 0 aliphatic carbocycles. The zero-order valence-corrected chi connectivity index (χ0v) is 14.3. The molecule has 0 spiro atoms. The van der Waals surface area contributed by atoms with Crippen LogP contribution in [0.15, 0.2) is 23.1 Å². The zero-order chi connectivity index (χ0) is 18.1. The van der Waals surface area contributed by atoms with Crippen molar-refractivity contribution in [2.45, 2.75) is 24.8 Å². The lowest BCUT2D eigenvalue weighted by molar-refractivity contribution is -0.136. The van der Waals surface area contributed by atoms with Gasteiger partial charge in [-0.1, -0.05) is 6.07 Å². The van der Waals surface area contributed by atoms with Crippen molar-refractivity contribution in [2.24, 2.45) is 0 Å². The van der Waals surface area contributed by atoms with E-state index in [0.29, 0.717) is 12.1 Å². The van der Waals surface area contributed by atoms with E-state index >= 15 is 0 Å². The molecule has 0 bridgehead atoms. The number of nitrogens with one attached hydrogen (secondary N) is 1. The van der Waals surface area contributed by atoms with Crippen LogP contribution in [-0.4, -0.2) is 56.7 Å². The molecule has 2 rings (SSSR count). The zero-order valence-electron chi connectivity index (χ0n) is 13.5.